The lowest BCUT2D eigenvalue weighted by molar-refractivity contribution is -0.141. The SMILES string of the molecule is CC1(CCCB(O)O)C(N)CNC1C(=O)O. The van der Waals surface area contributed by atoms with Gasteiger partial charge in [-0.05, 0) is 12.7 Å². The molecule has 0 aliphatic carbocycles. The van der Waals surface area contributed by atoms with E-state index >= 15 is 0 Å². The Bertz CT molecular complexity index is 264. The zero-order valence-electron chi connectivity index (χ0n) is 9.39. The van der Waals surface area contributed by atoms with Crippen molar-refractivity contribution in [2.45, 2.75) is 38.2 Å². The predicted octanol–water partition coefficient (Wildman–Crippen LogP) is -1.37. The van der Waals surface area contributed by atoms with E-state index in [1.165, 1.54) is 0 Å². The molecule has 6 N–H and O–H groups in total. The molecular weight excluding hydrogens is 211 g/mol. The van der Waals surface area contributed by atoms with Gasteiger partial charge in [0.15, 0.2) is 0 Å². The second-order valence-electron chi connectivity index (χ2n) is 4.66. The van der Waals surface area contributed by atoms with Crippen molar-refractivity contribution >= 4 is 13.1 Å². The third-order valence-electron chi connectivity index (χ3n) is 3.47. The summed E-state index contributed by atoms with van der Waals surface area (Å²) in [6.45, 7) is 2.31. The molecule has 3 unspecified atom stereocenters. The van der Waals surface area contributed by atoms with Gasteiger partial charge in [-0.3, -0.25) is 4.79 Å². The molecule has 0 spiro atoms. The van der Waals surface area contributed by atoms with Crippen LogP contribution in [0, 0.1) is 5.41 Å². The van der Waals surface area contributed by atoms with E-state index in [4.69, 9.17) is 20.9 Å². The Morgan fingerprint density at radius 1 is 1.62 bits per heavy atom. The summed E-state index contributed by atoms with van der Waals surface area (Å²) in [6, 6.07) is -0.872. The second kappa shape index (κ2) is 5.14. The molecule has 1 rings (SSSR count). The van der Waals surface area contributed by atoms with Crippen molar-refractivity contribution in [3.63, 3.8) is 0 Å². The molecule has 3 atom stereocenters. The maximum Gasteiger partial charge on any atom is 0.451 e. The monoisotopic (exact) mass is 230 g/mol. The lowest BCUT2D eigenvalue weighted by atomic mass is 9.72. The summed E-state index contributed by atoms with van der Waals surface area (Å²) in [7, 11) is -1.34. The molecule has 6 nitrogen and oxygen atoms in total. The smallest absolute Gasteiger partial charge is 0.451 e. The molecule has 1 aliphatic rings. The number of hydrogen-bond donors (Lipinski definition) is 5. The van der Waals surface area contributed by atoms with Crippen LogP contribution in [-0.2, 0) is 4.79 Å². The Balaban J connectivity index is 2.60. The van der Waals surface area contributed by atoms with E-state index in [2.05, 4.69) is 5.32 Å². The highest BCUT2D eigenvalue weighted by molar-refractivity contribution is 6.40. The van der Waals surface area contributed by atoms with E-state index in [1.807, 2.05) is 6.92 Å². The molecule has 1 saturated heterocycles. The lowest BCUT2D eigenvalue weighted by Gasteiger charge is -2.32. The molecule has 16 heavy (non-hydrogen) atoms. The average molecular weight is 230 g/mol. The van der Waals surface area contributed by atoms with Crippen LogP contribution >= 0.6 is 0 Å². The van der Waals surface area contributed by atoms with Crippen LogP contribution in [-0.4, -0.2) is 46.9 Å². The zero-order chi connectivity index (χ0) is 12.3. The topological polar surface area (TPSA) is 116 Å². The van der Waals surface area contributed by atoms with Crippen LogP contribution in [0.25, 0.3) is 0 Å². The molecule has 0 bridgehead atoms. The Morgan fingerprint density at radius 3 is 2.75 bits per heavy atom. The van der Waals surface area contributed by atoms with Gasteiger partial charge in [0.05, 0.1) is 0 Å². The molecular formula is C9H19BN2O4. The van der Waals surface area contributed by atoms with Gasteiger partial charge in [0.25, 0.3) is 0 Å². The van der Waals surface area contributed by atoms with E-state index in [1.54, 1.807) is 0 Å². The van der Waals surface area contributed by atoms with Crippen molar-refractivity contribution in [3.8, 4) is 0 Å². The van der Waals surface area contributed by atoms with Gasteiger partial charge in [-0.15, -0.1) is 0 Å². The first-order valence-corrected chi connectivity index (χ1v) is 5.46. The molecule has 0 aromatic rings. The van der Waals surface area contributed by atoms with Gasteiger partial charge in [-0.2, -0.15) is 0 Å². The van der Waals surface area contributed by atoms with Crippen LogP contribution < -0.4 is 11.1 Å². The maximum atomic E-state index is 11.0. The zero-order valence-corrected chi connectivity index (χ0v) is 9.39. The highest BCUT2D eigenvalue weighted by Gasteiger charge is 2.48. The van der Waals surface area contributed by atoms with Crippen molar-refractivity contribution in [2.24, 2.45) is 11.1 Å². The Morgan fingerprint density at radius 2 is 2.25 bits per heavy atom. The van der Waals surface area contributed by atoms with Gasteiger partial charge >= 0.3 is 13.1 Å². The third-order valence-corrected chi connectivity index (χ3v) is 3.47. The number of rotatable bonds is 5. The molecule has 7 heteroatoms. The molecule has 0 aromatic carbocycles. The van der Waals surface area contributed by atoms with E-state index in [9.17, 15) is 4.79 Å². The Labute approximate surface area is 95.0 Å². The summed E-state index contributed by atoms with van der Waals surface area (Å²) in [6.07, 6.45) is 1.36. The van der Waals surface area contributed by atoms with Gasteiger partial charge in [-0.25, -0.2) is 0 Å². The molecule has 0 amide bonds. The van der Waals surface area contributed by atoms with E-state index in [0.717, 1.165) is 0 Å². The number of nitrogens with two attached hydrogens (primary N) is 1. The van der Waals surface area contributed by atoms with Crippen molar-refractivity contribution < 1.29 is 19.9 Å². The first kappa shape index (κ1) is 13.4. The number of carboxylic acid groups (broad SMARTS) is 1. The number of carbonyl (C=O) groups is 1. The molecule has 92 valence electrons. The summed E-state index contributed by atoms with van der Waals surface area (Å²) in [5, 5.41) is 29.4. The number of nitrogens with one attached hydrogen (secondary N) is 1. The van der Waals surface area contributed by atoms with Crippen LogP contribution in [0.15, 0.2) is 0 Å². The minimum atomic E-state index is -1.34. The second-order valence-corrected chi connectivity index (χ2v) is 4.66. The van der Waals surface area contributed by atoms with Crippen molar-refractivity contribution in [1.82, 2.24) is 5.32 Å². The van der Waals surface area contributed by atoms with Crippen molar-refractivity contribution in [3.05, 3.63) is 0 Å². The van der Waals surface area contributed by atoms with Crippen molar-refractivity contribution in [1.29, 1.82) is 0 Å². The van der Waals surface area contributed by atoms with Gasteiger partial charge in [0.2, 0.25) is 0 Å². The summed E-state index contributed by atoms with van der Waals surface area (Å²) in [5.41, 5.74) is 5.38. The Kier molecular flexibility index (Phi) is 4.31. The van der Waals surface area contributed by atoms with Gasteiger partial charge < -0.3 is 26.2 Å². The first-order chi connectivity index (χ1) is 7.38. The minimum Gasteiger partial charge on any atom is -0.480 e. The highest BCUT2D eigenvalue weighted by atomic mass is 16.4. The van der Waals surface area contributed by atoms with Crippen LogP contribution in [0.2, 0.25) is 6.32 Å². The van der Waals surface area contributed by atoms with Gasteiger partial charge in [0, 0.05) is 18.0 Å². The summed E-state index contributed by atoms with van der Waals surface area (Å²) in [5.74, 6) is -0.903. The summed E-state index contributed by atoms with van der Waals surface area (Å²) in [4.78, 5) is 11.0. The van der Waals surface area contributed by atoms with Gasteiger partial charge in [-0.1, -0.05) is 13.3 Å². The van der Waals surface area contributed by atoms with Crippen molar-refractivity contribution in [2.75, 3.05) is 6.54 Å². The molecule has 0 saturated carbocycles. The highest BCUT2D eigenvalue weighted by Crippen LogP contribution is 2.35. The molecule has 0 aromatic heterocycles. The number of carboxylic acids is 1. The van der Waals surface area contributed by atoms with Crippen LogP contribution in [0.4, 0.5) is 0 Å². The van der Waals surface area contributed by atoms with Crippen LogP contribution in [0.5, 0.6) is 0 Å². The lowest BCUT2D eigenvalue weighted by Crippen LogP contribution is -2.47. The van der Waals surface area contributed by atoms with E-state index in [0.29, 0.717) is 19.4 Å². The standard InChI is InChI=1S/C9H19BN2O4/c1-9(3-2-4-10(15)16)6(11)5-12-7(9)8(13)14/h6-7,12,15-16H,2-5,11H2,1H3,(H,13,14). The molecule has 1 fully saturated rings. The van der Waals surface area contributed by atoms with Crippen LogP contribution in [0.1, 0.15) is 19.8 Å². The van der Waals surface area contributed by atoms with Gasteiger partial charge in [0.1, 0.15) is 6.04 Å². The normalized spacial score (nSPS) is 34.0. The van der Waals surface area contributed by atoms with Crippen LogP contribution in [0.3, 0.4) is 0 Å². The predicted molar refractivity (Wildman–Crippen MR) is 59.7 cm³/mol. The van der Waals surface area contributed by atoms with E-state index in [-0.39, 0.29) is 12.4 Å². The summed E-state index contributed by atoms with van der Waals surface area (Å²) >= 11 is 0. The molecule has 1 aliphatic heterocycles. The first-order valence-electron chi connectivity index (χ1n) is 5.46. The third kappa shape index (κ3) is 2.73. The fourth-order valence-electron chi connectivity index (χ4n) is 2.29. The molecule has 1 heterocycles. The summed E-state index contributed by atoms with van der Waals surface area (Å²) < 4.78 is 0. The quantitative estimate of drug-likeness (QED) is 0.372. The molecule has 0 radical (unpaired) electrons. The average Bonchev–Trinajstić information content (AvgIpc) is 2.43. The largest absolute Gasteiger partial charge is 0.480 e. The number of hydrogen-bond acceptors (Lipinski definition) is 5. The fraction of sp³-hybridized carbons (Fsp3) is 0.889. The number of aliphatic carboxylic acids is 1. The fourth-order valence-corrected chi connectivity index (χ4v) is 2.29. The Hall–Kier alpha value is -0.625. The van der Waals surface area contributed by atoms with E-state index < -0.39 is 24.5 Å². The maximum absolute atomic E-state index is 11.0. The minimum absolute atomic E-state index is 0.218.